The molecule has 0 N–H and O–H groups in total. The molecule has 0 heterocycles. The molecular formula is C15H14O2. The van der Waals surface area contributed by atoms with Gasteiger partial charge in [-0.2, -0.15) is 0 Å². The number of hydrogen-bond donors (Lipinski definition) is 0. The zero-order valence-corrected chi connectivity index (χ0v) is 9.72. The molecule has 2 heteroatoms. The summed E-state index contributed by atoms with van der Waals surface area (Å²) < 4.78 is 11.1. The Balaban J connectivity index is 2.40. The van der Waals surface area contributed by atoms with E-state index in [0.29, 0.717) is 11.5 Å². The normalized spacial score (nSPS) is 9.71. The summed E-state index contributed by atoms with van der Waals surface area (Å²) in [6, 6.07) is 15.3. The standard InChI is InChI=1S/C15H14O2/c1-3-12-8-7-11-14(16-2)15(12)17-13-9-5-4-6-10-13/h3-11H,1H2,2H3. The van der Waals surface area contributed by atoms with E-state index in [-0.39, 0.29) is 0 Å². The van der Waals surface area contributed by atoms with Gasteiger partial charge in [0.2, 0.25) is 0 Å². The first-order chi connectivity index (χ1) is 8.35. The molecule has 0 radical (unpaired) electrons. The van der Waals surface area contributed by atoms with Crippen molar-refractivity contribution < 1.29 is 9.47 Å². The van der Waals surface area contributed by atoms with Gasteiger partial charge in [-0.3, -0.25) is 0 Å². The van der Waals surface area contributed by atoms with Crippen LogP contribution < -0.4 is 9.47 Å². The highest BCUT2D eigenvalue weighted by Gasteiger charge is 2.09. The van der Waals surface area contributed by atoms with Gasteiger partial charge in [0, 0.05) is 5.56 Å². The van der Waals surface area contributed by atoms with Crippen LogP contribution in [-0.2, 0) is 0 Å². The summed E-state index contributed by atoms with van der Waals surface area (Å²) in [5.41, 5.74) is 0.910. The summed E-state index contributed by atoms with van der Waals surface area (Å²) in [5.74, 6) is 2.17. The maximum absolute atomic E-state index is 5.83. The Morgan fingerprint density at radius 1 is 1.00 bits per heavy atom. The minimum atomic E-state index is 0.691. The van der Waals surface area contributed by atoms with Crippen molar-refractivity contribution in [3.8, 4) is 17.2 Å². The van der Waals surface area contributed by atoms with Crippen LogP contribution in [0.3, 0.4) is 0 Å². The number of para-hydroxylation sites is 2. The van der Waals surface area contributed by atoms with Gasteiger partial charge in [-0.15, -0.1) is 0 Å². The molecule has 0 aliphatic carbocycles. The Morgan fingerprint density at radius 2 is 1.76 bits per heavy atom. The van der Waals surface area contributed by atoms with Crippen molar-refractivity contribution in [1.82, 2.24) is 0 Å². The van der Waals surface area contributed by atoms with E-state index in [0.717, 1.165) is 11.3 Å². The van der Waals surface area contributed by atoms with Crippen molar-refractivity contribution in [3.05, 3.63) is 60.7 Å². The van der Waals surface area contributed by atoms with Crippen LogP contribution in [0.2, 0.25) is 0 Å². The molecule has 0 aliphatic heterocycles. The SMILES string of the molecule is C=Cc1cccc(OC)c1Oc1ccccc1. The van der Waals surface area contributed by atoms with Gasteiger partial charge in [-0.05, 0) is 18.2 Å². The molecule has 0 aliphatic rings. The van der Waals surface area contributed by atoms with Crippen LogP contribution in [-0.4, -0.2) is 7.11 Å². The van der Waals surface area contributed by atoms with E-state index in [4.69, 9.17) is 9.47 Å². The molecular weight excluding hydrogens is 212 g/mol. The van der Waals surface area contributed by atoms with Gasteiger partial charge in [0.15, 0.2) is 11.5 Å². The molecule has 0 aromatic heterocycles. The van der Waals surface area contributed by atoms with Crippen molar-refractivity contribution in [2.45, 2.75) is 0 Å². The summed E-state index contributed by atoms with van der Waals surface area (Å²) >= 11 is 0. The molecule has 0 amide bonds. The second-order valence-electron chi connectivity index (χ2n) is 3.50. The molecule has 86 valence electrons. The summed E-state index contributed by atoms with van der Waals surface area (Å²) in [6.45, 7) is 3.77. The molecule has 2 rings (SSSR count). The van der Waals surface area contributed by atoms with Crippen LogP contribution in [0, 0.1) is 0 Å². The van der Waals surface area contributed by atoms with Gasteiger partial charge in [0.25, 0.3) is 0 Å². The molecule has 0 saturated heterocycles. The van der Waals surface area contributed by atoms with Crippen LogP contribution in [0.25, 0.3) is 6.08 Å². The van der Waals surface area contributed by atoms with E-state index < -0.39 is 0 Å². The lowest BCUT2D eigenvalue weighted by molar-refractivity contribution is 0.378. The van der Waals surface area contributed by atoms with Crippen molar-refractivity contribution in [1.29, 1.82) is 0 Å². The quantitative estimate of drug-likeness (QED) is 0.780. The molecule has 17 heavy (non-hydrogen) atoms. The highest BCUT2D eigenvalue weighted by molar-refractivity contribution is 5.62. The summed E-state index contributed by atoms with van der Waals surface area (Å²) in [4.78, 5) is 0. The fourth-order valence-corrected chi connectivity index (χ4v) is 1.57. The second kappa shape index (κ2) is 5.21. The van der Waals surface area contributed by atoms with Crippen molar-refractivity contribution in [2.24, 2.45) is 0 Å². The lowest BCUT2D eigenvalue weighted by atomic mass is 10.2. The number of methoxy groups -OCH3 is 1. The first-order valence-electron chi connectivity index (χ1n) is 5.37. The smallest absolute Gasteiger partial charge is 0.176 e. The maximum Gasteiger partial charge on any atom is 0.176 e. The molecule has 0 fully saturated rings. The van der Waals surface area contributed by atoms with E-state index in [2.05, 4.69) is 6.58 Å². The van der Waals surface area contributed by atoms with Gasteiger partial charge < -0.3 is 9.47 Å². The molecule has 0 spiro atoms. The molecule has 0 bridgehead atoms. The van der Waals surface area contributed by atoms with Crippen molar-refractivity contribution >= 4 is 6.08 Å². The van der Waals surface area contributed by atoms with Gasteiger partial charge >= 0.3 is 0 Å². The summed E-state index contributed by atoms with van der Waals surface area (Å²) in [5, 5.41) is 0. The van der Waals surface area contributed by atoms with E-state index in [9.17, 15) is 0 Å². The zero-order chi connectivity index (χ0) is 12.1. The Hall–Kier alpha value is -2.22. The largest absolute Gasteiger partial charge is 0.493 e. The monoisotopic (exact) mass is 226 g/mol. The molecule has 2 aromatic carbocycles. The molecule has 0 saturated carbocycles. The summed E-state index contributed by atoms with van der Waals surface area (Å²) in [6.07, 6.45) is 1.75. The molecule has 0 atom stereocenters. The number of ether oxygens (including phenoxy) is 2. The van der Waals surface area contributed by atoms with Crippen LogP contribution in [0.5, 0.6) is 17.2 Å². The predicted octanol–water partition coefficient (Wildman–Crippen LogP) is 4.13. The van der Waals surface area contributed by atoms with Crippen LogP contribution in [0.15, 0.2) is 55.1 Å². The first-order valence-corrected chi connectivity index (χ1v) is 5.37. The zero-order valence-electron chi connectivity index (χ0n) is 9.72. The van der Waals surface area contributed by atoms with E-state index >= 15 is 0 Å². The van der Waals surface area contributed by atoms with Crippen LogP contribution >= 0.6 is 0 Å². The number of rotatable bonds is 4. The fraction of sp³-hybridized carbons (Fsp3) is 0.0667. The molecule has 2 aromatic rings. The van der Waals surface area contributed by atoms with E-state index in [1.54, 1.807) is 13.2 Å². The van der Waals surface area contributed by atoms with Gasteiger partial charge in [-0.1, -0.05) is 43.0 Å². The van der Waals surface area contributed by atoms with E-state index in [1.807, 2.05) is 48.5 Å². The van der Waals surface area contributed by atoms with Crippen LogP contribution in [0.1, 0.15) is 5.56 Å². The topological polar surface area (TPSA) is 18.5 Å². The van der Waals surface area contributed by atoms with Crippen molar-refractivity contribution in [2.75, 3.05) is 7.11 Å². The molecule has 0 unspecified atom stereocenters. The third-order valence-corrected chi connectivity index (χ3v) is 2.41. The number of benzene rings is 2. The summed E-state index contributed by atoms with van der Waals surface area (Å²) in [7, 11) is 1.63. The first kappa shape index (κ1) is 11.3. The highest BCUT2D eigenvalue weighted by atomic mass is 16.5. The predicted molar refractivity (Wildman–Crippen MR) is 69.6 cm³/mol. The maximum atomic E-state index is 5.83. The van der Waals surface area contributed by atoms with Crippen molar-refractivity contribution in [3.63, 3.8) is 0 Å². The van der Waals surface area contributed by atoms with Gasteiger partial charge in [-0.25, -0.2) is 0 Å². The Morgan fingerprint density at radius 3 is 2.41 bits per heavy atom. The van der Waals surface area contributed by atoms with Gasteiger partial charge in [0.1, 0.15) is 5.75 Å². The number of hydrogen-bond acceptors (Lipinski definition) is 2. The average Bonchev–Trinajstić information content (AvgIpc) is 2.40. The van der Waals surface area contributed by atoms with Crippen LogP contribution in [0.4, 0.5) is 0 Å². The Kier molecular flexibility index (Phi) is 3.46. The lowest BCUT2D eigenvalue weighted by Crippen LogP contribution is -1.92. The molecule has 2 nitrogen and oxygen atoms in total. The third kappa shape index (κ3) is 2.48. The van der Waals surface area contributed by atoms with Gasteiger partial charge in [0.05, 0.1) is 7.11 Å². The average molecular weight is 226 g/mol. The second-order valence-corrected chi connectivity index (χ2v) is 3.50. The lowest BCUT2D eigenvalue weighted by Gasteiger charge is -2.12. The Bertz CT molecular complexity index is 504. The Labute approximate surface area is 101 Å². The van der Waals surface area contributed by atoms with E-state index in [1.165, 1.54) is 0 Å². The third-order valence-electron chi connectivity index (χ3n) is 2.41. The highest BCUT2D eigenvalue weighted by Crippen LogP contribution is 2.35. The minimum absolute atomic E-state index is 0.691. The fourth-order valence-electron chi connectivity index (χ4n) is 1.57. The minimum Gasteiger partial charge on any atom is -0.493 e.